The van der Waals surface area contributed by atoms with Gasteiger partial charge in [-0.25, -0.2) is 18.4 Å². The lowest BCUT2D eigenvalue weighted by molar-refractivity contribution is 0.0556. The van der Waals surface area contributed by atoms with Crippen LogP contribution in [0.1, 0.15) is 20.7 Å². The van der Waals surface area contributed by atoms with Gasteiger partial charge in [0.15, 0.2) is 6.61 Å². The second kappa shape index (κ2) is 9.66. The SMILES string of the molecule is C#CCOC(=O)c1ccc(OC)c(-c2cc(-c3ccccc3)c(N)c(C(N)=O)c2S(N)(=O)=O)c1. The Hall–Kier alpha value is -4.33. The van der Waals surface area contributed by atoms with Crippen molar-refractivity contribution in [1.82, 2.24) is 0 Å². The van der Waals surface area contributed by atoms with Gasteiger partial charge in [-0.05, 0) is 29.8 Å². The van der Waals surface area contributed by atoms with E-state index < -0.39 is 32.4 Å². The third-order valence-electron chi connectivity index (χ3n) is 4.95. The number of nitrogen functional groups attached to an aromatic ring is 1. The molecule has 9 nitrogen and oxygen atoms in total. The summed E-state index contributed by atoms with van der Waals surface area (Å²) in [5.74, 6) is 0.545. The molecule has 0 saturated carbocycles. The second-order valence-corrected chi connectivity index (χ2v) is 8.56. The second-order valence-electron chi connectivity index (χ2n) is 7.06. The number of ether oxygens (including phenoxy) is 2. The molecule has 174 valence electrons. The van der Waals surface area contributed by atoms with Crippen molar-refractivity contribution in [3.05, 3.63) is 65.7 Å². The number of esters is 1. The van der Waals surface area contributed by atoms with Crippen LogP contribution < -0.4 is 21.3 Å². The molecule has 0 heterocycles. The standard InChI is InChI=1S/C24H21N3O6S/c1-3-11-33-24(29)15-9-10-19(32-2)17(12-15)18-13-16(14-7-5-4-6-8-14)21(25)20(23(26)28)22(18)34(27,30)31/h1,4-10,12-13H,11,25H2,2H3,(H2,26,28)(H2,27,30,31). The number of terminal acetylenes is 1. The molecule has 3 rings (SSSR count). The Kier molecular flexibility index (Phi) is 6.91. The summed E-state index contributed by atoms with van der Waals surface area (Å²) in [5.41, 5.74) is 12.2. The number of methoxy groups -OCH3 is 1. The molecule has 0 aromatic heterocycles. The van der Waals surface area contributed by atoms with Crippen LogP contribution in [0.25, 0.3) is 22.3 Å². The summed E-state index contributed by atoms with van der Waals surface area (Å²) in [4.78, 5) is 24.2. The van der Waals surface area contributed by atoms with Crippen LogP contribution in [-0.4, -0.2) is 34.0 Å². The molecular weight excluding hydrogens is 458 g/mol. The summed E-state index contributed by atoms with van der Waals surface area (Å²) in [6, 6.07) is 14.4. The van der Waals surface area contributed by atoms with Gasteiger partial charge in [-0.3, -0.25) is 4.79 Å². The van der Waals surface area contributed by atoms with Crippen molar-refractivity contribution in [2.45, 2.75) is 4.90 Å². The quantitative estimate of drug-likeness (QED) is 0.265. The van der Waals surface area contributed by atoms with Gasteiger partial charge in [0.25, 0.3) is 5.91 Å². The third kappa shape index (κ3) is 4.71. The number of carbonyl (C=O) groups is 2. The van der Waals surface area contributed by atoms with Gasteiger partial charge in [0.2, 0.25) is 10.0 Å². The molecule has 0 aliphatic heterocycles. The van der Waals surface area contributed by atoms with Gasteiger partial charge in [-0.2, -0.15) is 0 Å². The van der Waals surface area contributed by atoms with Crippen molar-refractivity contribution in [2.75, 3.05) is 19.5 Å². The number of hydrogen-bond donors (Lipinski definition) is 3. The molecule has 0 spiro atoms. The zero-order chi connectivity index (χ0) is 25.0. The summed E-state index contributed by atoms with van der Waals surface area (Å²) in [5, 5.41) is 5.50. The maximum Gasteiger partial charge on any atom is 0.339 e. The molecular formula is C24H21N3O6S. The normalized spacial score (nSPS) is 10.9. The molecule has 34 heavy (non-hydrogen) atoms. The summed E-state index contributed by atoms with van der Waals surface area (Å²) < 4.78 is 35.7. The summed E-state index contributed by atoms with van der Waals surface area (Å²) in [6.07, 6.45) is 5.14. The Morgan fingerprint density at radius 1 is 1.03 bits per heavy atom. The van der Waals surface area contributed by atoms with Crippen LogP contribution in [0.5, 0.6) is 5.75 Å². The molecule has 3 aromatic carbocycles. The third-order valence-corrected chi connectivity index (χ3v) is 5.94. The van der Waals surface area contributed by atoms with Crippen LogP contribution in [0, 0.1) is 12.3 Å². The Labute approximate surface area is 196 Å². The van der Waals surface area contributed by atoms with E-state index in [2.05, 4.69) is 5.92 Å². The lowest BCUT2D eigenvalue weighted by Crippen LogP contribution is -2.23. The number of nitrogens with two attached hydrogens (primary N) is 3. The van der Waals surface area contributed by atoms with E-state index in [1.165, 1.54) is 31.4 Å². The molecule has 3 aromatic rings. The van der Waals surface area contributed by atoms with E-state index in [0.29, 0.717) is 11.1 Å². The molecule has 0 aliphatic rings. The smallest absolute Gasteiger partial charge is 0.339 e. The minimum absolute atomic E-state index is 0.0344. The van der Waals surface area contributed by atoms with Crippen LogP contribution in [0.3, 0.4) is 0 Å². The van der Waals surface area contributed by atoms with E-state index in [4.69, 9.17) is 32.5 Å². The highest BCUT2D eigenvalue weighted by Crippen LogP contribution is 2.42. The minimum Gasteiger partial charge on any atom is -0.496 e. The first-order valence-electron chi connectivity index (χ1n) is 9.73. The first-order valence-corrected chi connectivity index (χ1v) is 11.3. The van der Waals surface area contributed by atoms with E-state index in [-0.39, 0.29) is 34.7 Å². The predicted octanol–water partition coefficient (Wildman–Crippen LogP) is 2.15. The van der Waals surface area contributed by atoms with E-state index in [0.717, 1.165) is 0 Å². The van der Waals surface area contributed by atoms with Gasteiger partial charge < -0.3 is 20.9 Å². The number of rotatable bonds is 7. The Morgan fingerprint density at radius 3 is 2.26 bits per heavy atom. The fourth-order valence-corrected chi connectivity index (χ4v) is 4.48. The summed E-state index contributed by atoms with van der Waals surface area (Å²) >= 11 is 0. The number of sulfonamides is 1. The van der Waals surface area contributed by atoms with Gasteiger partial charge >= 0.3 is 5.97 Å². The molecule has 0 saturated heterocycles. The minimum atomic E-state index is -4.53. The first-order chi connectivity index (χ1) is 16.1. The molecule has 10 heteroatoms. The van der Waals surface area contributed by atoms with Gasteiger partial charge in [0, 0.05) is 16.7 Å². The van der Waals surface area contributed by atoms with Gasteiger partial charge in [0.05, 0.1) is 23.9 Å². The summed E-state index contributed by atoms with van der Waals surface area (Å²) in [7, 11) is -3.17. The first kappa shape index (κ1) is 24.3. The van der Waals surface area contributed by atoms with Crippen LogP contribution in [0.2, 0.25) is 0 Å². The number of carbonyl (C=O) groups excluding carboxylic acids is 2. The number of primary sulfonamides is 1. The fourth-order valence-electron chi connectivity index (χ4n) is 3.51. The Balaban J connectivity index is 2.46. The van der Waals surface area contributed by atoms with Crippen molar-refractivity contribution in [3.63, 3.8) is 0 Å². The van der Waals surface area contributed by atoms with Gasteiger partial charge in [0.1, 0.15) is 10.6 Å². The zero-order valence-corrected chi connectivity index (χ0v) is 18.9. The molecule has 0 atom stereocenters. The van der Waals surface area contributed by atoms with Crippen LogP contribution in [0.4, 0.5) is 5.69 Å². The molecule has 0 bridgehead atoms. The lowest BCUT2D eigenvalue weighted by atomic mass is 9.92. The maximum absolute atomic E-state index is 12.7. The van der Waals surface area contributed by atoms with Gasteiger partial charge in [-0.15, -0.1) is 6.42 Å². The topological polar surface area (TPSA) is 165 Å². The number of primary amides is 1. The molecule has 6 N–H and O–H groups in total. The number of anilines is 1. The van der Waals surface area contributed by atoms with Gasteiger partial charge in [-0.1, -0.05) is 36.3 Å². The highest BCUT2D eigenvalue weighted by molar-refractivity contribution is 7.89. The molecule has 0 fully saturated rings. The average Bonchev–Trinajstić information content (AvgIpc) is 2.81. The van der Waals surface area contributed by atoms with Crippen molar-refractivity contribution in [3.8, 4) is 40.3 Å². The highest BCUT2D eigenvalue weighted by Gasteiger charge is 2.29. The molecule has 0 unspecified atom stereocenters. The van der Waals surface area contributed by atoms with Crippen molar-refractivity contribution in [1.29, 1.82) is 0 Å². The Morgan fingerprint density at radius 2 is 1.71 bits per heavy atom. The number of benzene rings is 3. The van der Waals surface area contributed by atoms with E-state index >= 15 is 0 Å². The lowest BCUT2D eigenvalue weighted by Gasteiger charge is -2.19. The average molecular weight is 480 g/mol. The molecule has 1 amide bonds. The predicted molar refractivity (Wildman–Crippen MR) is 127 cm³/mol. The number of amides is 1. The monoisotopic (exact) mass is 479 g/mol. The van der Waals surface area contributed by atoms with E-state index in [1.807, 2.05) is 0 Å². The van der Waals surface area contributed by atoms with E-state index in [1.54, 1.807) is 30.3 Å². The van der Waals surface area contributed by atoms with Crippen LogP contribution in [0.15, 0.2) is 59.5 Å². The molecule has 0 radical (unpaired) electrons. The zero-order valence-electron chi connectivity index (χ0n) is 18.1. The van der Waals surface area contributed by atoms with Crippen LogP contribution >= 0.6 is 0 Å². The largest absolute Gasteiger partial charge is 0.496 e. The fraction of sp³-hybridized carbons (Fsp3) is 0.0833. The van der Waals surface area contributed by atoms with Crippen LogP contribution in [-0.2, 0) is 14.8 Å². The Bertz CT molecular complexity index is 1430. The van der Waals surface area contributed by atoms with E-state index in [9.17, 15) is 18.0 Å². The maximum atomic E-state index is 12.7. The highest BCUT2D eigenvalue weighted by atomic mass is 32.2. The number of hydrogen-bond acceptors (Lipinski definition) is 7. The summed E-state index contributed by atoms with van der Waals surface area (Å²) in [6.45, 7) is -0.255. The molecule has 0 aliphatic carbocycles. The van der Waals surface area contributed by atoms with Crippen molar-refractivity contribution in [2.24, 2.45) is 10.9 Å². The van der Waals surface area contributed by atoms with Crippen molar-refractivity contribution >= 4 is 27.6 Å². The van der Waals surface area contributed by atoms with Crippen molar-refractivity contribution < 1.29 is 27.5 Å².